The highest BCUT2D eigenvalue weighted by Crippen LogP contribution is 2.46. The molecule has 0 aliphatic carbocycles. The third-order valence-corrected chi connectivity index (χ3v) is 6.53. The number of carbonyl (C=O) groups excluding carboxylic acids is 1. The lowest BCUT2D eigenvalue weighted by atomic mass is 9.91. The van der Waals surface area contributed by atoms with Crippen LogP contribution in [0.3, 0.4) is 0 Å². The van der Waals surface area contributed by atoms with E-state index in [4.69, 9.17) is 28.4 Å². The van der Waals surface area contributed by atoms with E-state index in [0.29, 0.717) is 51.1 Å². The molecule has 1 aromatic heterocycles. The SMILES string of the molecule is COC(=O)c1cc(Oc2nnnn2-c2ccccc2)c(-c2ccc(OC)c(OC)c2)c(-c2ccc(OC)c(OC)c2)c1. The summed E-state index contributed by atoms with van der Waals surface area (Å²) in [5, 5.41) is 12.0. The second-order valence-electron chi connectivity index (χ2n) is 8.84. The zero-order chi connectivity index (χ0) is 29.6. The second kappa shape index (κ2) is 12.3. The van der Waals surface area contributed by atoms with Crippen LogP contribution < -0.4 is 23.7 Å². The minimum atomic E-state index is -0.553. The molecule has 0 spiro atoms. The molecule has 1 heterocycles. The van der Waals surface area contributed by atoms with Crippen LogP contribution in [0.2, 0.25) is 0 Å². The van der Waals surface area contributed by atoms with E-state index in [1.54, 1.807) is 52.7 Å². The molecule has 42 heavy (non-hydrogen) atoms. The number of hydrogen-bond donors (Lipinski definition) is 0. The topological polar surface area (TPSA) is 116 Å². The Hall–Kier alpha value is -5.58. The van der Waals surface area contributed by atoms with Crippen LogP contribution in [0.25, 0.3) is 27.9 Å². The standard InChI is InChI=1S/C31H28N4O7/c1-37-24-13-11-19(16-26(24)39-3)23-15-21(30(36)41-5)18-28(29(23)20-12-14-25(38-2)27(17-20)40-4)42-31-32-33-34-35(31)22-9-7-6-8-10-22/h6-18H,1-5H3. The Bertz CT molecular complexity index is 1720. The number of para-hydroxylation sites is 1. The fourth-order valence-corrected chi connectivity index (χ4v) is 4.52. The van der Waals surface area contributed by atoms with Gasteiger partial charge in [0.1, 0.15) is 5.75 Å². The molecule has 0 aliphatic heterocycles. The van der Waals surface area contributed by atoms with Gasteiger partial charge in [-0.15, -0.1) is 0 Å². The summed E-state index contributed by atoms with van der Waals surface area (Å²) >= 11 is 0. The molecule has 0 radical (unpaired) electrons. The first-order valence-electron chi connectivity index (χ1n) is 12.7. The van der Waals surface area contributed by atoms with E-state index in [9.17, 15) is 4.79 Å². The van der Waals surface area contributed by atoms with Crippen LogP contribution in [0.5, 0.6) is 34.8 Å². The number of benzene rings is 4. The number of carbonyl (C=O) groups is 1. The predicted octanol–water partition coefficient (Wildman–Crippen LogP) is 5.61. The maximum Gasteiger partial charge on any atom is 0.345 e. The lowest BCUT2D eigenvalue weighted by molar-refractivity contribution is 0.0600. The summed E-state index contributed by atoms with van der Waals surface area (Å²) in [4.78, 5) is 12.9. The highest BCUT2D eigenvalue weighted by atomic mass is 16.5. The molecule has 0 bridgehead atoms. The Balaban J connectivity index is 1.80. The largest absolute Gasteiger partial charge is 0.493 e. The molecule has 0 amide bonds. The molecular weight excluding hydrogens is 540 g/mol. The van der Waals surface area contributed by atoms with E-state index in [0.717, 1.165) is 5.56 Å². The quantitative estimate of drug-likeness (QED) is 0.197. The summed E-state index contributed by atoms with van der Waals surface area (Å²) in [5.74, 6) is 1.86. The van der Waals surface area contributed by atoms with Crippen LogP contribution in [-0.2, 0) is 4.74 Å². The first-order chi connectivity index (χ1) is 20.5. The number of tetrazole rings is 1. The zero-order valence-corrected chi connectivity index (χ0v) is 23.7. The van der Waals surface area contributed by atoms with E-state index in [1.807, 2.05) is 54.6 Å². The van der Waals surface area contributed by atoms with Gasteiger partial charge in [0, 0.05) is 5.56 Å². The van der Waals surface area contributed by atoms with Crippen molar-refractivity contribution in [2.45, 2.75) is 0 Å². The first kappa shape index (κ1) is 28.0. The van der Waals surface area contributed by atoms with Crippen molar-refractivity contribution in [1.29, 1.82) is 0 Å². The van der Waals surface area contributed by atoms with Gasteiger partial charge >= 0.3 is 12.0 Å². The average Bonchev–Trinajstić information content (AvgIpc) is 3.51. The molecule has 11 nitrogen and oxygen atoms in total. The summed E-state index contributed by atoms with van der Waals surface area (Å²) < 4.78 is 35.0. The van der Waals surface area contributed by atoms with Gasteiger partial charge < -0.3 is 28.4 Å². The third-order valence-electron chi connectivity index (χ3n) is 6.53. The molecule has 214 valence electrons. The molecule has 0 fully saturated rings. The van der Waals surface area contributed by atoms with Crippen LogP contribution in [0, 0.1) is 0 Å². The van der Waals surface area contributed by atoms with Crippen LogP contribution in [-0.4, -0.2) is 61.7 Å². The Labute approximate surface area is 242 Å². The Morgan fingerprint density at radius 2 is 1.29 bits per heavy atom. The Morgan fingerprint density at radius 3 is 1.90 bits per heavy atom. The van der Waals surface area contributed by atoms with Crippen molar-refractivity contribution in [3.8, 4) is 62.7 Å². The Kier molecular flexibility index (Phi) is 8.19. The summed E-state index contributed by atoms with van der Waals surface area (Å²) in [6.45, 7) is 0. The van der Waals surface area contributed by atoms with Gasteiger partial charge in [-0.2, -0.15) is 4.68 Å². The molecule has 0 aliphatic rings. The minimum absolute atomic E-state index is 0.0863. The van der Waals surface area contributed by atoms with Crippen molar-refractivity contribution in [3.05, 3.63) is 84.4 Å². The number of aromatic nitrogens is 4. The van der Waals surface area contributed by atoms with Gasteiger partial charge in [0.15, 0.2) is 23.0 Å². The molecule has 0 saturated heterocycles. The van der Waals surface area contributed by atoms with Gasteiger partial charge in [0.2, 0.25) is 0 Å². The maximum atomic E-state index is 12.9. The van der Waals surface area contributed by atoms with Crippen LogP contribution in [0.15, 0.2) is 78.9 Å². The van der Waals surface area contributed by atoms with E-state index in [1.165, 1.54) is 11.8 Å². The van der Waals surface area contributed by atoms with Crippen LogP contribution in [0.1, 0.15) is 10.4 Å². The van der Waals surface area contributed by atoms with Crippen molar-refractivity contribution in [2.75, 3.05) is 35.5 Å². The van der Waals surface area contributed by atoms with Crippen molar-refractivity contribution in [1.82, 2.24) is 20.2 Å². The van der Waals surface area contributed by atoms with Gasteiger partial charge in [0.05, 0.1) is 46.8 Å². The molecule has 0 saturated carbocycles. The number of nitrogens with zero attached hydrogens (tertiary/aromatic N) is 4. The van der Waals surface area contributed by atoms with Gasteiger partial charge in [-0.3, -0.25) is 0 Å². The fraction of sp³-hybridized carbons (Fsp3) is 0.161. The van der Waals surface area contributed by atoms with Crippen molar-refractivity contribution < 1.29 is 33.2 Å². The monoisotopic (exact) mass is 568 g/mol. The second-order valence-corrected chi connectivity index (χ2v) is 8.84. The number of methoxy groups -OCH3 is 5. The molecule has 0 unspecified atom stereocenters. The fourth-order valence-electron chi connectivity index (χ4n) is 4.52. The maximum absolute atomic E-state index is 12.9. The van der Waals surface area contributed by atoms with Gasteiger partial charge in [-0.05, 0) is 75.6 Å². The third kappa shape index (κ3) is 5.39. The van der Waals surface area contributed by atoms with Gasteiger partial charge in [-0.1, -0.05) is 35.4 Å². The summed E-state index contributed by atoms with van der Waals surface area (Å²) in [6, 6.07) is 23.7. The normalized spacial score (nSPS) is 10.6. The number of ether oxygens (including phenoxy) is 6. The van der Waals surface area contributed by atoms with E-state index < -0.39 is 5.97 Å². The van der Waals surface area contributed by atoms with E-state index in [-0.39, 0.29) is 11.6 Å². The number of hydrogen-bond acceptors (Lipinski definition) is 10. The highest BCUT2D eigenvalue weighted by molar-refractivity contribution is 5.97. The molecular formula is C31H28N4O7. The molecule has 0 atom stereocenters. The van der Waals surface area contributed by atoms with Crippen molar-refractivity contribution >= 4 is 5.97 Å². The molecule has 5 rings (SSSR count). The molecule has 0 N–H and O–H groups in total. The minimum Gasteiger partial charge on any atom is -0.493 e. The van der Waals surface area contributed by atoms with Gasteiger partial charge in [0.25, 0.3) is 0 Å². The lowest BCUT2D eigenvalue weighted by Crippen LogP contribution is -2.05. The summed E-state index contributed by atoms with van der Waals surface area (Å²) in [6.07, 6.45) is 0. The zero-order valence-electron chi connectivity index (χ0n) is 23.7. The van der Waals surface area contributed by atoms with E-state index >= 15 is 0 Å². The predicted molar refractivity (Wildman–Crippen MR) is 154 cm³/mol. The molecule has 11 heteroatoms. The Morgan fingerprint density at radius 1 is 0.667 bits per heavy atom. The smallest absolute Gasteiger partial charge is 0.345 e. The lowest BCUT2D eigenvalue weighted by Gasteiger charge is -2.19. The average molecular weight is 569 g/mol. The van der Waals surface area contributed by atoms with Crippen LogP contribution >= 0.6 is 0 Å². The summed E-state index contributed by atoms with van der Waals surface area (Å²) in [5.41, 5.74) is 3.63. The van der Waals surface area contributed by atoms with Crippen LogP contribution in [0.4, 0.5) is 0 Å². The number of esters is 1. The molecule has 5 aromatic rings. The number of rotatable bonds is 10. The highest BCUT2D eigenvalue weighted by Gasteiger charge is 2.23. The van der Waals surface area contributed by atoms with Crippen molar-refractivity contribution in [3.63, 3.8) is 0 Å². The van der Waals surface area contributed by atoms with E-state index in [2.05, 4.69) is 15.5 Å². The summed E-state index contributed by atoms with van der Waals surface area (Å²) in [7, 11) is 7.56. The van der Waals surface area contributed by atoms with Gasteiger partial charge in [-0.25, -0.2) is 4.79 Å². The molecule has 4 aromatic carbocycles. The van der Waals surface area contributed by atoms with Crippen molar-refractivity contribution in [2.24, 2.45) is 0 Å². The first-order valence-corrected chi connectivity index (χ1v) is 12.7.